The van der Waals surface area contributed by atoms with Gasteiger partial charge in [-0.3, -0.25) is 0 Å². The zero-order valence-corrected chi connectivity index (χ0v) is 11.1. The van der Waals surface area contributed by atoms with Crippen molar-refractivity contribution in [3.05, 3.63) is 42.2 Å². The van der Waals surface area contributed by atoms with E-state index in [1.54, 1.807) is 0 Å². The molecule has 1 aromatic carbocycles. The highest BCUT2D eigenvalue weighted by molar-refractivity contribution is 5.55. The van der Waals surface area contributed by atoms with Crippen LogP contribution in [0.1, 0.15) is 19.0 Å². The molecule has 0 saturated heterocycles. The van der Waals surface area contributed by atoms with E-state index in [4.69, 9.17) is 9.47 Å². The Morgan fingerprint density at radius 2 is 2.11 bits per heavy atom. The summed E-state index contributed by atoms with van der Waals surface area (Å²) in [5, 5.41) is 3.42. The van der Waals surface area contributed by atoms with E-state index in [9.17, 15) is 0 Å². The topological polar surface area (TPSA) is 35.4 Å². The van der Waals surface area contributed by atoms with Gasteiger partial charge in [0, 0.05) is 30.2 Å². The molecule has 0 bridgehead atoms. The highest BCUT2D eigenvalue weighted by Crippen LogP contribution is 2.34. The summed E-state index contributed by atoms with van der Waals surface area (Å²) in [4.78, 5) is 0. The highest BCUT2D eigenvalue weighted by Gasteiger charge is 2.13. The quantitative estimate of drug-likeness (QED) is 0.894. The van der Waals surface area contributed by atoms with Crippen molar-refractivity contribution in [2.24, 2.45) is 0 Å². The molecule has 0 saturated carbocycles. The van der Waals surface area contributed by atoms with E-state index < -0.39 is 0 Å². The van der Waals surface area contributed by atoms with Gasteiger partial charge in [0.25, 0.3) is 0 Å². The summed E-state index contributed by atoms with van der Waals surface area (Å²) in [5.74, 6) is 1.63. The molecule has 0 unspecified atom stereocenters. The van der Waals surface area contributed by atoms with Gasteiger partial charge in [-0.2, -0.15) is 0 Å². The Morgan fingerprint density at radius 1 is 1.21 bits per heavy atom. The van der Waals surface area contributed by atoms with Gasteiger partial charge in [-0.15, -0.1) is 0 Å². The number of aromatic nitrogens is 1. The molecule has 0 fully saturated rings. The predicted molar refractivity (Wildman–Crippen MR) is 74.6 cm³/mol. The Balaban J connectivity index is 1.67. The van der Waals surface area contributed by atoms with E-state index in [1.807, 2.05) is 18.2 Å². The fraction of sp³-hybridized carbons (Fsp3) is 0.333. The van der Waals surface area contributed by atoms with Gasteiger partial charge in [-0.25, -0.2) is 0 Å². The number of anilines is 1. The third-order valence-electron chi connectivity index (χ3n) is 3.23. The molecule has 1 aliphatic rings. The van der Waals surface area contributed by atoms with Crippen molar-refractivity contribution in [1.29, 1.82) is 0 Å². The summed E-state index contributed by atoms with van der Waals surface area (Å²) in [6, 6.07) is 10.2. The highest BCUT2D eigenvalue weighted by atomic mass is 16.7. The Bertz CT molecular complexity index is 563. The van der Waals surface area contributed by atoms with Crippen molar-refractivity contribution >= 4 is 5.69 Å². The summed E-state index contributed by atoms with van der Waals surface area (Å²) >= 11 is 0. The average molecular weight is 258 g/mol. The second kappa shape index (κ2) is 5.26. The maximum absolute atomic E-state index is 5.37. The number of aryl methyl sites for hydroxylation is 1. The van der Waals surface area contributed by atoms with Gasteiger partial charge < -0.3 is 19.4 Å². The van der Waals surface area contributed by atoms with E-state index in [2.05, 4.69) is 35.1 Å². The number of hydrogen-bond donors (Lipinski definition) is 1. The summed E-state index contributed by atoms with van der Waals surface area (Å²) in [7, 11) is 0. The number of fused-ring (bicyclic) bond motifs is 1. The number of nitrogens with zero attached hydrogens (tertiary/aromatic N) is 1. The van der Waals surface area contributed by atoms with Crippen LogP contribution in [0.5, 0.6) is 11.5 Å². The molecule has 1 aliphatic heterocycles. The molecule has 100 valence electrons. The fourth-order valence-electron chi connectivity index (χ4n) is 2.27. The summed E-state index contributed by atoms with van der Waals surface area (Å²) in [6.45, 7) is 4.38. The first kappa shape index (κ1) is 12.0. The van der Waals surface area contributed by atoms with E-state index in [1.165, 1.54) is 5.69 Å². The molecule has 2 aromatic rings. The first-order valence-corrected chi connectivity index (χ1v) is 6.64. The van der Waals surface area contributed by atoms with Crippen molar-refractivity contribution in [2.75, 3.05) is 12.1 Å². The zero-order chi connectivity index (χ0) is 13.1. The molecular formula is C15H18N2O2. The number of ether oxygens (including phenoxy) is 2. The van der Waals surface area contributed by atoms with Crippen molar-refractivity contribution in [3.8, 4) is 11.5 Å². The number of hydrogen-bond acceptors (Lipinski definition) is 3. The van der Waals surface area contributed by atoms with Gasteiger partial charge in [-0.1, -0.05) is 6.92 Å². The van der Waals surface area contributed by atoms with Crippen molar-refractivity contribution < 1.29 is 9.47 Å². The van der Waals surface area contributed by atoms with Gasteiger partial charge in [0.1, 0.15) is 0 Å². The SMILES string of the molecule is CCCn1cccc1CNc1ccc2c(c1)OCO2. The van der Waals surface area contributed by atoms with Crippen LogP contribution in [-0.4, -0.2) is 11.4 Å². The predicted octanol–water partition coefficient (Wildman–Crippen LogP) is 3.24. The average Bonchev–Trinajstić information content (AvgIpc) is 3.05. The largest absolute Gasteiger partial charge is 0.454 e. The lowest BCUT2D eigenvalue weighted by atomic mass is 10.2. The third kappa shape index (κ3) is 2.52. The van der Waals surface area contributed by atoms with Crippen molar-refractivity contribution in [3.63, 3.8) is 0 Å². The number of rotatable bonds is 5. The maximum atomic E-state index is 5.37. The molecule has 0 spiro atoms. The third-order valence-corrected chi connectivity index (χ3v) is 3.23. The lowest BCUT2D eigenvalue weighted by Crippen LogP contribution is -2.06. The van der Waals surface area contributed by atoms with Gasteiger partial charge in [0.15, 0.2) is 11.5 Å². The molecule has 1 aromatic heterocycles. The summed E-state index contributed by atoms with van der Waals surface area (Å²) in [6.07, 6.45) is 3.27. The van der Waals surface area contributed by atoms with E-state index in [-0.39, 0.29) is 0 Å². The van der Waals surface area contributed by atoms with E-state index in [0.717, 1.165) is 36.7 Å². The molecule has 4 heteroatoms. The Hall–Kier alpha value is -2.10. The fourth-order valence-corrected chi connectivity index (χ4v) is 2.27. The standard InChI is InChI=1S/C15H18N2O2/c1-2-7-17-8-3-4-13(17)10-16-12-5-6-14-15(9-12)19-11-18-14/h3-6,8-9,16H,2,7,10-11H2,1H3. The van der Waals surface area contributed by atoms with Crippen LogP contribution in [0.4, 0.5) is 5.69 Å². The summed E-state index contributed by atoms with van der Waals surface area (Å²) in [5.41, 5.74) is 2.34. The van der Waals surface area contributed by atoms with Crippen LogP contribution >= 0.6 is 0 Å². The molecule has 0 aliphatic carbocycles. The van der Waals surface area contributed by atoms with Crippen LogP contribution < -0.4 is 14.8 Å². The van der Waals surface area contributed by atoms with Crippen LogP contribution in [-0.2, 0) is 13.1 Å². The number of nitrogens with one attached hydrogen (secondary N) is 1. The molecule has 3 rings (SSSR count). The van der Waals surface area contributed by atoms with Crippen molar-refractivity contribution in [1.82, 2.24) is 4.57 Å². The Kier molecular flexibility index (Phi) is 3.31. The smallest absolute Gasteiger partial charge is 0.231 e. The minimum Gasteiger partial charge on any atom is -0.454 e. The van der Waals surface area contributed by atoms with Gasteiger partial charge in [0.05, 0.1) is 6.54 Å². The van der Waals surface area contributed by atoms with Crippen LogP contribution in [0.2, 0.25) is 0 Å². The van der Waals surface area contributed by atoms with E-state index in [0.29, 0.717) is 6.79 Å². The zero-order valence-electron chi connectivity index (χ0n) is 11.1. The molecule has 0 amide bonds. The van der Waals surface area contributed by atoms with E-state index >= 15 is 0 Å². The first-order chi connectivity index (χ1) is 9.36. The molecule has 0 radical (unpaired) electrons. The van der Waals surface area contributed by atoms with Crippen molar-refractivity contribution in [2.45, 2.75) is 26.4 Å². The Morgan fingerprint density at radius 3 is 3.00 bits per heavy atom. The van der Waals surface area contributed by atoms with Gasteiger partial charge in [0.2, 0.25) is 6.79 Å². The normalized spacial score (nSPS) is 12.7. The minimum absolute atomic E-state index is 0.318. The molecule has 19 heavy (non-hydrogen) atoms. The molecular weight excluding hydrogens is 240 g/mol. The molecule has 4 nitrogen and oxygen atoms in total. The number of benzene rings is 1. The van der Waals surface area contributed by atoms with Gasteiger partial charge >= 0.3 is 0 Å². The molecule has 2 heterocycles. The molecule has 1 N–H and O–H groups in total. The minimum atomic E-state index is 0.318. The van der Waals surface area contributed by atoms with Gasteiger partial charge in [-0.05, 0) is 30.7 Å². The Labute approximate surface area is 113 Å². The lowest BCUT2D eigenvalue weighted by molar-refractivity contribution is 0.174. The van der Waals surface area contributed by atoms with Crippen LogP contribution in [0.25, 0.3) is 0 Å². The maximum Gasteiger partial charge on any atom is 0.231 e. The van der Waals surface area contributed by atoms with Crippen LogP contribution in [0, 0.1) is 0 Å². The van der Waals surface area contributed by atoms with Crippen LogP contribution in [0.15, 0.2) is 36.5 Å². The lowest BCUT2D eigenvalue weighted by Gasteiger charge is -2.10. The second-order valence-corrected chi connectivity index (χ2v) is 4.61. The molecule has 0 atom stereocenters. The monoisotopic (exact) mass is 258 g/mol. The first-order valence-electron chi connectivity index (χ1n) is 6.64. The summed E-state index contributed by atoms with van der Waals surface area (Å²) < 4.78 is 12.9. The van der Waals surface area contributed by atoms with Crippen LogP contribution in [0.3, 0.4) is 0 Å². The second-order valence-electron chi connectivity index (χ2n) is 4.61.